The maximum Gasteiger partial charge on any atom is 0.335 e. The molecule has 0 saturated carbocycles. The van der Waals surface area contributed by atoms with Crippen molar-refractivity contribution in [1.82, 2.24) is 0 Å². The maximum atomic E-state index is 12.2. The highest BCUT2D eigenvalue weighted by atomic mass is 79.9. The first-order valence-electron chi connectivity index (χ1n) is 7.00. The molecule has 3 heteroatoms. The number of carbonyl (C=O) groups excluding carboxylic acids is 1. The van der Waals surface area contributed by atoms with Crippen molar-refractivity contribution in [2.24, 2.45) is 5.92 Å². The summed E-state index contributed by atoms with van der Waals surface area (Å²) in [5.74, 6) is 0.00904. The van der Waals surface area contributed by atoms with Crippen molar-refractivity contribution in [3.63, 3.8) is 0 Å². The molecule has 1 unspecified atom stereocenters. The Kier molecular flexibility index (Phi) is 2.96. The van der Waals surface area contributed by atoms with Crippen LogP contribution < -0.4 is 0 Å². The van der Waals surface area contributed by atoms with Gasteiger partial charge in [-0.1, -0.05) is 58.4 Å². The van der Waals surface area contributed by atoms with E-state index in [-0.39, 0.29) is 11.9 Å². The van der Waals surface area contributed by atoms with E-state index in [4.69, 9.17) is 4.74 Å². The molecular weight excluding hydrogens is 328 g/mol. The van der Waals surface area contributed by atoms with Gasteiger partial charge in [-0.15, -0.1) is 0 Å². The molecule has 0 N–H and O–H groups in total. The Labute approximate surface area is 131 Å². The Balaban J connectivity index is 2.05. The van der Waals surface area contributed by atoms with E-state index >= 15 is 0 Å². The molecule has 1 heterocycles. The van der Waals surface area contributed by atoms with Crippen molar-refractivity contribution in [1.29, 1.82) is 0 Å². The molecule has 2 aromatic carbocycles. The Morgan fingerprint density at radius 2 is 1.71 bits per heavy atom. The molecule has 1 atom stereocenters. The molecule has 2 nitrogen and oxygen atoms in total. The van der Waals surface area contributed by atoms with Gasteiger partial charge in [0.15, 0.2) is 0 Å². The quantitative estimate of drug-likeness (QED) is 0.734. The Hall–Kier alpha value is -1.87. The number of hydrogen-bond donors (Lipinski definition) is 0. The van der Waals surface area contributed by atoms with Gasteiger partial charge >= 0.3 is 5.97 Å². The van der Waals surface area contributed by atoms with Crippen molar-refractivity contribution < 1.29 is 9.53 Å². The molecule has 104 valence electrons. The summed E-state index contributed by atoms with van der Waals surface area (Å²) in [6, 6.07) is 16.4. The molecule has 1 aliphatic carbocycles. The second kappa shape index (κ2) is 4.85. The molecule has 1 aliphatic heterocycles. The molecular formula is C18H13BrO2. The van der Waals surface area contributed by atoms with E-state index < -0.39 is 0 Å². The highest BCUT2D eigenvalue weighted by molar-refractivity contribution is 9.10. The zero-order valence-electron chi connectivity index (χ0n) is 11.3. The smallest absolute Gasteiger partial charge is 0.335 e. The number of halogens is 1. The average molecular weight is 341 g/mol. The Bertz CT molecular complexity index is 776. The van der Waals surface area contributed by atoms with Crippen LogP contribution in [0.5, 0.6) is 0 Å². The van der Waals surface area contributed by atoms with E-state index in [1.165, 1.54) is 5.56 Å². The molecule has 1 saturated heterocycles. The molecule has 21 heavy (non-hydrogen) atoms. The van der Waals surface area contributed by atoms with Gasteiger partial charge in [-0.05, 0) is 29.2 Å². The number of ether oxygens (including phenoxy) is 1. The summed E-state index contributed by atoms with van der Waals surface area (Å²) < 4.78 is 6.31. The fraction of sp³-hybridized carbons (Fsp3) is 0.167. The van der Waals surface area contributed by atoms with Crippen LogP contribution in [0.2, 0.25) is 0 Å². The molecule has 2 aliphatic rings. The minimum atomic E-state index is -0.166. The van der Waals surface area contributed by atoms with Crippen molar-refractivity contribution in [3.8, 4) is 0 Å². The summed E-state index contributed by atoms with van der Waals surface area (Å²) in [7, 11) is 0. The SMILES string of the molecule is O=C1OCC2Cc3ccccc3C(c3ccccc3Br)=C12. The summed E-state index contributed by atoms with van der Waals surface area (Å²) in [5, 5.41) is 0. The van der Waals surface area contributed by atoms with Crippen LogP contribution in [-0.2, 0) is 16.0 Å². The fourth-order valence-electron chi connectivity index (χ4n) is 3.28. The number of rotatable bonds is 1. The van der Waals surface area contributed by atoms with Crippen LogP contribution in [0.3, 0.4) is 0 Å². The Morgan fingerprint density at radius 3 is 2.52 bits per heavy atom. The van der Waals surface area contributed by atoms with Gasteiger partial charge < -0.3 is 4.74 Å². The molecule has 2 aromatic rings. The zero-order valence-corrected chi connectivity index (χ0v) is 12.9. The predicted molar refractivity (Wildman–Crippen MR) is 84.8 cm³/mol. The second-order valence-electron chi connectivity index (χ2n) is 5.43. The predicted octanol–water partition coefficient (Wildman–Crippen LogP) is 3.98. The number of esters is 1. The van der Waals surface area contributed by atoms with E-state index in [9.17, 15) is 4.79 Å². The van der Waals surface area contributed by atoms with E-state index in [1.54, 1.807) is 0 Å². The van der Waals surface area contributed by atoms with Gasteiger partial charge in [0.05, 0.1) is 12.2 Å². The second-order valence-corrected chi connectivity index (χ2v) is 6.28. The van der Waals surface area contributed by atoms with Crippen LogP contribution in [0.15, 0.2) is 58.6 Å². The van der Waals surface area contributed by atoms with Crippen molar-refractivity contribution in [2.75, 3.05) is 6.61 Å². The lowest BCUT2D eigenvalue weighted by atomic mass is 9.77. The van der Waals surface area contributed by atoms with E-state index in [1.807, 2.05) is 24.3 Å². The lowest BCUT2D eigenvalue weighted by Crippen LogP contribution is -2.17. The topological polar surface area (TPSA) is 26.3 Å². The van der Waals surface area contributed by atoms with Crippen LogP contribution in [-0.4, -0.2) is 12.6 Å². The van der Waals surface area contributed by atoms with E-state index in [0.717, 1.165) is 33.2 Å². The molecule has 4 rings (SSSR count). The van der Waals surface area contributed by atoms with Gasteiger partial charge in [0.1, 0.15) is 0 Å². The van der Waals surface area contributed by atoms with Crippen LogP contribution in [0.4, 0.5) is 0 Å². The molecule has 0 bridgehead atoms. The molecule has 0 amide bonds. The lowest BCUT2D eigenvalue weighted by Gasteiger charge is -2.24. The lowest BCUT2D eigenvalue weighted by molar-refractivity contribution is -0.135. The third kappa shape index (κ3) is 1.95. The van der Waals surface area contributed by atoms with Gasteiger partial charge in [-0.2, -0.15) is 0 Å². The van der Waals surface area contributed by atoms with Gasteiger partial charge in [-0.25, -0.2) is 4.79 Å². The summed E-state index contributed by atoms with van der Waals surface area (Å²) in [5.41, 5.74) is 5.35. The summed E-state index contributed by atoms with van der Waals surface area (Å²) in [4.78, 5) is 12.2. The summed E-state index contributed by atoms with van der Waals surface area (Å²) in [6.45, 7) is 0.496. The van der Waals surface area contributed by atoms with Crippen LogP contribution >= 0.6 is 15.9 Å². The minimum Gasteiger partial charge on any atom is -0.462 e. The molecule has 0 radical (unpaired) electrons. The third-order valence-corrected chi connectivity index (χ3v) is 4.90. The van der Waals surface area contributed by atoms with Crippen molar-refractivity contribution in [3.05, 3.63) is 75.3 Å². The molecule has 0 aromatic heterocycles. The first kappa shape index (κ1) is 12.8. The van der Waals surface area contributed by atoms with Crippen LogP contribution in [0.1, 0.15) is 16.7 Å². The van der Waals surface area contributed by atoms with E-state index in [0.29, 0.717) is 6.61 Å². The number of fused-ring (bicyclic) bond motifs is 2. The van der Waals surface area contributed by atoms with Crippen LogP contribution in [0.25, 0.3) is 5.57 Å². The monoisotopic (exact) mass is 340 g/mol. The first-order chi connectivity index (χ1) is 10.3. The van der Waals surface area contributed by atoms with Gasteiger partial charge in [0.2, 0.25) is 0 Å². The maximum absolute atomic E-state index is 12.2. The summed E-state index contributed by atoms with van der Waals surface area (Å²) in [6.07, 6.45) is 0.880. The van der Waals surface area contributed by atoms with Crippen LogP contribution in [0, 0.1) is 5.92 Å². The number of hydrogen-bond acceptors (Lipinski definition) is 2. The molecule has 1 fully saturated rings. The molecule has 0 spiro atoms. The minimum absolute atomic E-state index is 0.166. The standard InChI is InChI=1S/C18H13BrO2/c19-15-8-4-3-7-14(15)17-13-6-2-1-5-11(13)9-12-10-21-18(20)16(12)17/h1-8,12H,9-10H2. The number of carbonyl (C=O) groups is 1. The van der Waals surface area contributed by atoms with Gasteiger partial charge in [0.25, 0.3) is 0 Å². The van der Waals surface area contributed by atoms with Gasteiger partial charge in [-0.3, -0.25) is 0 Å². The number of benzene rings is 2. The Morgan fingerprint density at radius 1 is 1.00 bits per heavy atom. The van der Waals surface area contributed by atoms with Gasteiger partial charge in [0, 0.05) is 16.0 Å². The van der Waals surface area contributed by atoms with Crippen molar-refractivity contribution >= 4 is 27.5 Å². The zero-order chi connectivity index (χ0) is 14.4. The number of cyclic esters (lactones) is 1. The summed E-state index contributed by atoms with van der Waals surface area (Å²) >= 11 is 3.61. The average Bonchev–Trinajstić information content (AvgIpc) is 2.87. The van der Waals surface area contributed by atoms with E-state index in [2.05, 4.69) is 40.2 Å². The highest BCUT2D eigenvalue weighted by Gasteiger charge is 2.38. The van der Waals surface area contributed by atoms with Crippen molar-refractivity contribution in [2.45, 2.75) is 6.42 Å². The normalized spacial score (nSPS) is 20.0. The third-order valence-electron chi connectivity index (χ3n) is 4.21. The fourth-order valence-corrected chi connectivity index (χ4v) is 3.76. The highest BCUT2D eigenvalue weighted by Crippen LogP contribution is 2.43. The largest absolute Gasteiger partial charge is 0.462 e. The first-order valence-corrected chi connectivity index (χ1v) is 7.79.